The van der Waals surface area contributed by atoms with E-state index in [-0.39, 0.29) is 85.8 Å². The van der Waals surface area contributed by atoms with Crippen molar-refractivity contribution < 1.29 is 11.3 Å². The van der Waals surface area contributed by atoms with E-state index in [4.69, 9.17) is 8.53 Å². The minimum atomic E-state index is -0.390. The standard InChI is InChI=1S/C70H79BN2O/c1-63(2)24-26-65(5,6)49-36-44(20-22-47(49)63)72-56-40-52-51(67(9,10)28-29-68(52,11)12)39-55(56)71-60-57(72)34-43(42-18-16-15-17-19-42)35-58(60)73(45-21-23-48-50(37-45)66(7,8)27-25-64(48,3)4)61-46-38-53-54(41-59(46)74-62(61)71)70(14)32-30-69(53,13)31-33-70/h15-23,34-41H,24-33H2,1-14H3/i15D,16D,17D,18D,19D. The van der Waals surface area contributed by atoms with Crippen LogP contribution in [-0.4, -0.2) is 6.71 Å². The van der Waals surface area contributed by atoms with E-state index in [1.165, 1.54) is 62.8 Å². The Morgan fingerprint density at radius 2 is 0.865 bits per heavy atom. The summed E-state index contributed by atoms with van der Waals surface area (Å²) < 4.78 is 54.1. The van der Waals surface area contributed by atoms with Crippen LogP contribution in [-0.2, 0) is 43.3 Å². The molecule has 3 heterocycles. The smallest absolute Gasteiger partial charge is 0.297 e. The van der Waals surface area contributed by atoms with Crippen LogP contribution in [0.15, 0.2) is 107 Å². The summed E-state index contributed by atoms with van der Waals surface area (Å²) in [6.07, 6.45) is 11.2. The maximum Gasteiger partial charge on any atom is 0.297 e. The Kier molecular flexibility index (Phi) is 8.30. The van der Waals surface area contributed by atoms with Gasteiger partial charge in [-0.15, -0.1) is 0 Å². The molecule has 378 valence electrons. The van der Waals surface area contributed by atoms with Gasteiger partial charge in [0.05, 0.1) is 18.2 Å². The quantitative estimate of drug-likeness (QED) is 0.165. The monoisotopic (exact) mass is 980 g/mol. The Morgan fingerprint density at radius 3 is 1.39 bits per heavy atom. The minimum absolute atomic E-state index is 0.00175. The van der Waals surface area contributed by atoms with Gasteiger partial charge in [-0.2, -0.15) is 0 Å². The van der Waals surface area contributed by atoms with Crippen molar-refractivity contribution in [2.45, 2.75) is 204 Å². The average molecular weight is 980 g/mol. The molecule has 0 amide bonds. The molecule has 1 aromatic heterocycles. The summed E-state index contributed by atoms with van der Waals surface area (Å²) in [4.78, 5) is 4.99. The highest BCUT2D eigenvalue weighted by atomic mass is 16.3. The Labute approximate surface area is 450 Å². The van der Waals surface area contributed by atoms with E-state index in [9.17, 15) is 2.74 Å². The fourth-order valence-corrected chi connectivity index (χ4v) is 16.0. The molecule has 6 aromatic carbocycles. The lowest BCUT2D eigenvalue weighted by Crippen LogP contribution is -2.61. The first kappa shape index (κ1) is 41.7. The summed E-state index contributed by atoms with van der Waals surface area (Å²) in [5.74, 6) is 0. The van der Waals surface area contributed by atoms with Crippen LogP contribution in [0.25, 0.3) is 22.1 Å². The molecular weight excluding hydrogens is 896 g/mol. The Bertz CT molecular complexity index is 3850. The van der Waals surface area contributed by atoms with Crippen molar-refractivity contribution in [3.63, 3.8) is 0 Å². The average Bonchev–Trinajstić information content (AvgIpc) is 3.01. The fourth-order valence-electron chi connectivity index (χ4n) is 16.0. The molecule has 2 aliphatic heterocycles. The van der Waals surface area contributed by atoms with Gasteiger partial charge in [-0.3, -0.25) is 0 Å². The molecule has 2 bridgehead atoms. The van der Waals surface area contributed by atoms with Gasteiger partial charge in [-0.1, -0.05) is 145 Å². The summed E-state index contributed by atoms with van der Waals surface area (Å²) >= 11 is 0. The van der Waals surface area contributed by atoms with Gasteiger partial charge in [0, 0.05) is 33.8 Å². The molecule has 1 saturated carbocycles. The lowest BCUT2D eigenvalue weighted by atomic mass is 9.35. The third-order valence-corrected chi connectivity index (χ3v) is 21.5. The molecule has 3 nitrogen and oxygen atoms in total. The second kappa shape index (κ2) is 14.7. The summed E-state index contributed by atoms with van der Waals surface area (Å²) in [6, 6.07) is 27.3. The first-order chi connectivity index (χ1) is 36.9. The number of benzene rings is 6. The van der Waals surface area contributed by atoms with Crippen LogP contribution >= 0.6 is 0 Å². The molecule has 0 saturated heterocycles. The highest BCUT2D eigenvalue weighted by Crippen LogP contribution is 2.60. The second-order valence-electron chi connectivity index (χ2n) is 29.1. The van der Waals surface area contributed by atoms with Crippen molar-refractivity contribution in [1.82, 2.24) is 0 Å². The number of nitrogens with zero attached hydrogens (tertiary/aromatic N) is 2. The third-order valence-electron chi connectivity index (χ3n) is 21.5. The van der Waals surface area contributed by atoms with Gasteiger partial charge >= 0.3 is 0 Å². The largest absolute Gasteiger partial charge is 0.468 e. The highest BCUT2D eigenvalue weighted by molar-refractivity contribution is 7.00. The molecule has 6 aliphatic carbocycles. The zero-order chi connectivity index (χ0) is 56.0. The summed E-state index contributed by atoms with van der Waals surface area (Å²) in [5.41, 5.74) is 22.0. The SMILES string of the molecule is [2H]c1c([2H])c([2H])c(-c2cc3c4c(c2)N(c2ccc5c(c2)C(C)(C)CCC5(C)C)c2c(oc5cc6c(cc25)C2(C)CCC6(C)CC2)B4c2cc4c(cc2N3c2ccc3c(c2)C(C)(C)CCC3(C)C)C(C)(C)CCC4(C)C)c([2H])c1[2H]. The van der Waals surface area contributed by atoms with Crippen LogP contribution < -0.4 is 26.4 Å². The van der Waals surface area contributed by atoms with E-state index in [2.05, 4.69) is 180 Å². The Balaban J connectivity index is 1.17. The van der Waals surface area contributed by atoms with Crippen LogP contribution in [0.5, 0.6) is 0 Å². The van der Waals surface area contributed by atoms with Gasteiger partial charge in [0.2, 0.25) is 0 Å². The molecule has 8 aliphatic rings. The van der Waals surface area contributed by atoms with Crippen molar-refractivity contribution in [3.8, 4) is 11.1 Å². The molecule has 0 radical (unpaired) electrons. The van der Waals surface area contributed by atoms with Crippen LogP contribution in [0, 0.1) is 0 Å². The number of hydrogen-bond donors (Lipinski definition) is 0. The van der Waals surface area contributed by atoms with E-state index in [0.717, 1.165) is 108 Å². The zero-order valence-corrected chi connectivity index (χ0v) is 46.9. The predicted octanol–water partition coefficient (Wildman–Crippen LogP) is 17.3. The van der Waals surface area contributed by atoms with Crippen molar-refractivity contribution in [2.24, 2.45) is 0 Å². The number of fused-ring (bicyclic) bond motifs is 11. The van der Waals surface area contributed by atoms with E-state index in [0.29, 0.717) is 5.56 Å². The maximum atomic E-state index is 9.64. The number of anilines is 6. The van der Waals surface area contributed by atoms with Crippen molar-refractivity contribution in [2.75, 3.05) is 9.80 Å². The van der Waals surface area contributed by atoms with Crippen LogP contribution in [0.3, 0.4) is 0 Å². The molecule has 4 heteroatoms. The molecule has 0 atom stereocenters. The normalized spacial score (nSPS) is 26.2. The van der Waals surface area contributed by atoms with Gasteiger partial charge in [0.15, 0.2) is 0 Å². The van der Waals surface area contributed by atoms with Crippen molar-refractivity contribution in [3.05, 3.63) is 148 Å². The van der Waals surface area contributed by atoms with Gasteiger partial charge in [0.1, 0.15) is 5.58 Å². The van der Waals surface area contributed by atoms with Gasteiger partial charge in [0.25, 0.3) is 6.71 Å². The van der Waals surface area contributed by atoms with Crippen LogP contribution in [0.4, 0.5) is 34.1 Å². The van der Waals surface area contributed by atoms with Crippen LogP contribution in [0.2, 0.25) is 0 Å². The second-order valence-corrected chi connectivity index (χ2v) is 29.1. The number of furan rings is 1. The van der Waals surface area contributed by atoms with E-state index in [1.54, 1.807) is 0 Å². The fraction of sp³-hybridized carbons (Fsp3) is 0.457. The maximum absolute atomic E-state index is 9.64. The Morgan fingerprint density at radius 1 is 0.419 bits per heavy atom. The van der Waals surface area contributed by atoms with E-state index < -0.39 is 0 Å². The molecule has 0 spiro atoms. The molecule has 0 unspecified atom stereocenters. The molecule has 15 rings (SSSR count). The summed E-state index contributed by atoms with van der Waals surface area (Å²) in [6.45, 7) is 33.5. The molecule has 0 N–H and O–H groups in total. The molecule has 7 aromatic rings. The van der Waals surface area contributed by atoms with Crippen LogP contribution in [0.1, 0.15) is 213 Å². The minimum Gasteiger partial charge on any atom is -0.468 e. The van der Waals surface area contributed by atoms with Crippen molar-refractivity contribution in [1.29, 1.82) is 0 Å². The zero-order valence-electron chi connectivity index (χ0n) is 51.9. The summed E-state index contributed by atoms with van der Waals surface area (Å²) in [7, 11) is 0. The predicted molar refractivity (Wildman–Crippen MR) is 315 cm³/mol. The van der Waals surface area contributed by atoms with Crippen molar-refractivity contribution >= 4 is 68.4 Å². The first-order valence-electron chi connectivity index (χ1n) is 30.8. The van der Waals surface area contributed by atoms with E-state index in [1.807, 2.05) is 0 Å². The van der Waals surface area contributed by atoms with Gasteiger partial charge in [-0.25, -0.2) is 0 Å². The molecular formula is C70H79BN2O. The molecule has 74 heavy (non-hydrogen) atoms. The van der Waals surface area contributed by atoms with Gasteiger partial charge < -0.3 is 14.2 Å². The van der Waals surface area contributed by atoms with Gasteiger partial charge in [-0.05, 0) is 229 Å². The summed E-state index contributed by atoms with van der Waals surface area (Å²) in [5, 5.41) is 1.10. The third kappa shape index (κ3) is 6.38. The first-order valence-corrected chi connectivity index (χ1v) is 28.3. The number of rotatable bonds is 3. The molecule has 1 fully saturated rings. The van der Waals surface area contributed by atoms with E-state index >= 15 is 0 Å². The topological polar surface area (TPSA) is 19.6 Å². The Hall–Kier alpha value is -5.48. The lowest BCUT2D eigenvalue weighted by molar-refractivity contribution is 0.188. The number of hydrogen-bond acceptors (Lipinski definition) is 3. The lowest BCUT2D eigenvalue weighted by Gasteiger charge is -2.52. The highest BCUT2D eigenvalue weighted by Gasteiger charge is 2.52.